The third-order valence-corrected chi connectivity index (χ3v) is 2.56. The van der Waals surface area contributed by atoms with E-state index in [1.165, 1.54) is 0 Å². The molecule has 0 heterocycles. The zero-order chi connectivity index (χ0) is 13.4. The minimum Gasteiger partial charge on any atom is -0.493 e. The number of aliphatic hydroxyl groups is 1. The molecule has 102 valence electrons. The molecular weight excluding hydrogens is 232 g/mol. The summed E-state index contributed by atoms with van der Waals surface area (Å²) >= 11 is 0. The lowest BCUT2D eigenvalue weighted by Crippen LogP contribution is -2.16. The molecule has 0 fully saturated rings. The summed E-state index contributed by atoms with van der Waals surface area (Å²) in [5, 5.41) is 9.26. The topological polar surface area (TPSA) is 47.9 Å². The number of ether oxygens (including phenoxy) is 3. The maximum Gasteiger partial charge on any atom is 0.128 e. The van der Waals surface area contributed by atoms with Gasteiger partial charge in [0.1, 0.15) is 18.1 Å². The van der Waals surface area contributed by atoms with E-state index in [0.717, 1.165) is 17.7 Å². The van der Waals surface area contributed by atoms with Crippen LogP contribution in [-0.4, -0.2) is 31.5 Å². The Bertz CT molecular complexity index is 352. The van der Waals surface area contributed by atoms with Crippen LogP contribution in [0.3, 0.4) is 0 Å². The van der Waals surface area contributed by atoms with Crippen LogP contribution < -0.4 is 9.47 Å². The Kier molecular flexibility index (Phi) is 6.54. The number of aliphatic hydroxyl groups excluding tert-OH is 1. The van der Waals surface area contributed by atoms with Gasteiger partial charge in [-0.15, -0.1) is 0 Å². The molecule has 1 aromatic rings. The smallest absolute Gasteiger partial charge is 0.128 e. The van der Waals surface area contributed by atoms with Crippen LogP contribution in [0, 0.1) is 0 Å². The van der Waals surface area contributed by atoms with E-state index in [2.05, 4.69) is 6.92 Å². The van der Waals surface area contributed by atoms with Gasteiger partial charge in [0.2, 0.25) is 0 Å². The van der Waals surface area contributed by atoms with Gasteiger partial charge in [-0.05, 0) is 25.5 Å². The largest absolute Gasteiger partial charge is 0.493 e. The average molecular weight is 254 g/mol. The summed E-state index contributed by atoms with van der Waals surface area (Å²) in [4.78, 5) is 0. The Morgan fingerprint density at radius 3 is 2.67 bits per heavy atom. The van der Waals surface area contributed by atoms with Gasteiger partial charge in [0, 0.05) is 18.7 Å². The van der Waals surface area contributed by atoms with Crippen molar-refractivity contribution in [3.8, 4) is 11.5 Å². The molecule has 0 amide bonds. The van der Waals surface area contributed by atoms with Gasteiger partial charge in [-0.3, -0.25) is 0 Å². The first-order chi connectivity index (χ1) is 8.71. The normalized spacial score (nSPS) is 12.2. The molecule has 0 bridgehead atoms. The van der Waals surface area contributed by atoms with Crippen molar-refractivity contribution in [2.45, 2.75) is 33.0 Å². The summed E-state index contributed by atoms with van der Waals surface area (Å²) in [5.74, 6) is 1.41. The fraction of sp³-hybridized carbons (Fsp3) is 0.571. The molecule has 0 aromatic heterocycles. The van der Waals surface area contributed by atoms with Gasteiger partial charge in [-0.25, -0.2) is 0 Å². The van der Waals surface area contributed by atoms with Crippen molar-refractivity contribution in [1.82, 2.24) is 0 Å². The van der Waals surface area contributed by atoms with E-state index in [1.807, 2.05) is 25.1 Å². The van der Waals surface area contributed by atoms with Gasteiger partial charge in [0.05, 0.1) is 19.3 Å². The van der Waals surface area contributed by atoms with Gasteiger partial charge >= 0.3 is 0 Å². The molecule has 0 aliphatic rings. The highest BCUT2D eigenvalue weighted by Gasteiger charge is 2.07. The highest BCUT2D eigenvalue weighted by Crippen LogP contribution is 2.25. The van der Waals surface area contributed by atoms with Crippen LogP contribution in [0.25, 0.3) is 0 Å². The third-order valence-electron chi connectivity index (χ3n) is 2.56. The van der Waals surface area contributed by atoms with Crippen LogP contribution >= 0.6 is 0 Å². The monoisotopic (exact) mass is 254 g/mol. The number of hydrogen-bond acceptors (Lipinski definition) is 4. The molecule has 0 aliphatic carbocycles. The van der Waals surface area contributed by atoms with Crippen LogP contribution in [0.2, 0.25) is 0 Å². The molecule has 1 atom stereocenters. The molecular formula is C14H22O4. The zero-order valence-electron chi connectivity index (χ0n) is 11.3. The zero-order valence-corrected chi connectivity index (χ0v) is 11.3. The van der Waals surface area contributed by atoms with E-state index in [-0.39, 0.29) is 12.7 Å². The Balaban J connectivity index is 2.71. The third kappa shape index (κ3) is 4.55. The van der Waals surface area contributed by atoms with Crippen molar-refractivity contribution >= 4 is 0 Å². The quantitative estimate of drug-likeness (QED) is 0.773. The van der Waals surface area contributed by atoms with Gasteiger partial charge in [0.15, 0.2) is 0 Å². The Morgan fingerprint density at radius 1 is 1.28 bits per heavy atom. The van der Waals surface area contributed by atoms with Crippen molar-refractivity contribution in [1.29, 1.82) is 0 Å². The molecule has 0 aliphatic heterocycles. The van der Waals surface area contributed by atoms with E-state index in [4.69, 9.17) is 14.2 Å². The summed E-state index contributed by atoms with van der Waals surface area (Å²) < 4.78 is 16.3. The van der Waals surface area contributed by atoms with Crippen LogP contribution in [0.15, 0.2) is 18.2 Å². The summed E-state index contributed by atoms with van der Waals surface area (Å²) in [6, 6.07) is 5.47. The highest BCUT2D eigenvalue weighted by atomic mass is 16.5. The fourth-order valence-electron chi connectivity index (χ4n) is 1.38. The second kappa shape index (κ2) is 7.95. The molecule has 0 saturated heterocycles. The number of rotatable bonds is 8. The molecule has 0 spiro atoms. The lowest BCUT2D eigenvalue weighted by atomic mass is 10.2. The minimum absolute atomic E-state index is 0.0109. The van der Waals surface area contributed by atoms with Crippen LogP contribution in [0.1, 0.15) is 25.8 Å². The molecule has 1 aromatic carbocycles. The maximum absolute atomic E-state index is 9.26. The Morgan fingerprint density at radius 2 is 2.06 bits per heavy atom. The van der Waals surface area contributed by atoms with E-state index in [1.54, 1.807) is 7.11 Å². The molecule has 18 heavy (non-hydrogen) atoms. The summed E-state index contributed by atoms with van der Waals surface area (Å²) in [6.07, 6.45) is 0.968. The van der Waals surface area contributed by atoms with Crippen LogP contribution in [0.4, 0.5) is 0 Å². The second-order valence-electron chi connectivity index (χ2n) is 4.13. The van der Waals surface area contributed by atoms with Crippen molar-refractivity contribution in [2.24, 2.45) is 0 Å². The number of methoxy groups -OCH3 is 1. The van der Waals surface area contributed by atoms with Gasteiger partial charge < -0.3 is 19.3 Å². The first kappa shape index (κ1) is 14.8. The fourth-order valence-corrected chi connectivity index (χ4v) is 1.38. The number of hydrogen-bond donors (Lipinski definition) is 1. The molecule has 4 heteroatoms. The van der Waals surface area contributed by atoms with E-state index in [9.17, 15) is 5.11 Å². The molecule has 4 nitrogen and oxygen atoms in total. The lowest BCUT2D eigenvalue weighted by molar-refractivity contribution is 0.0706. The van der Waals surface area contributed by atoms with E-state index in [0.29, 0.717) is 19.0 Å². The maximum atomic E-state index is 9.26. The van der Waals surface area contributed by atoms with Gasteiger partial charge in [-0.1, -0.05) is 6.92 Å². The molecule has 1 N–H and O–H groups in total. The first-order valence-corrected chi connectivity index (χ1v) is 6.23. The lowest BCUT2D eigenvalue weighted by Gasteiger charge is -2.15. The average Bonchev–Trinajstić information content (AvgIpc) is 2.42. The molecule has 1 unspecified atom stereocenters. The minimum atomic E-state index is -0.0508. The van der Waals surface area contributed by atoms with Gasteiger partial charge in [0.25, 0.3) is 0 Å². The van der Waals surface area contributed by atoms with E-state index >= 15 is 0 Å². The molecule has 1 rings (SSSR count). The van der Waals surface area contributed by atoms with Crippen molar-refractivity contribution in [3.63, 3.8) is 0 Å². The summed E-state index contributed by atoms with van der Waals surface area (Å²) in [7, 11) is 1.64. The highest BCUT2D eigenvalue weighted by molar-refractivity contribution is 5.40. The van der Waals surface area contributed by atoms with Gasteiger partial charge in [-0.2, -0.15) is 0 Å². The second-order valence-corrected chi connectivity index (χ2v) is 4.13. The van der Waals surface area contributed by atoms with Crippen molar-refractivity contribution < 1.29 is 19.3 Å². The molecule has 0 saturated carbocycles. The van der Waals surface area contributed by atoms with Crippen molar-refractivity contribution in [3.05, 3.63) is 23.8 Å². The molecule has 0 radical (unpaired) electrons. The van der Waals surface area contributed by atoms with E-state index < -0.39 is 0 Å². The Labute approximate surface area is 108 Å². The SMILES string of the molecule is CCCOc1ccc(CO)c(OCC(C)OC)c1. The number of benzene rings is 1. The van der Waals surface area contributed by atoms with Crippen LogP contribution in [0.5, 0.6) is 11.5 Å². The predicted octanol–water partition coefficient (Wildman–Crippen LogP) is 2.38. The summed E-state index contributed by atoms with van der Waals surface area (Å²) in [5.41, 5.74) is 0.752. The Hall–Kier alpha value is -1.26. The summed E-state index contributed by atoms with van der Waals surface area (Å²) in [6.45, 7) is 5.05. The van der Waals surface area contributed by atoms with Crippen molar-refractivity contribution in [2.75, 3.05) is 20.3 Å². The first-order valence-electron chi connectivity index (χ1n) is 6.23. The standard InChI is InChI=1S/C14H22O4/c1-4-7-17-13-6-5-12(9-15)14(8-13)18-10-11(2)16-3/h5-6,8,11,15H,4,7,9-10H2,1-3H3. The predicted molar refractivity (Wildman–Crippen MR) is 70.1 cm³/mol. The van der Waals surface area contributed by atoms with Crippen LogP contribution in [-0.2, 0) is 11.3 Å².